The average molecular weight is 393 g/mol. The van der Waals surface area contributed by atoms with E-state index in [1.54, 1.807) is 0 Å². The third kappa shape index (κ3) is 12.3. The molecule has 0 radical (unpaired) electrons. The Labute approximate surface area is 148 Å². The molecule has 0 rings (SSSR count). The molecule has 1 amide bonds. The van der Waals surface area contributed by atoms with Crippen LogP contribution in [0, 0.1) is 0 Å². The zero-order valence-corrected chi connectivity index (χ0v) is 16.5. The molecule has 0 aromatic carbocycles. The summed E-state index contributed by atoms with van der Waals surface area (Å²) in [6, 6.07) is 0. The van der Waals surface area contributed by atoms with E-state index in [0.717, 1.165) is 18.4 Å². The number of nitrogens with one attached hydrogen (secondary N) is 1. The fourth-order valence-corrected chi connectivity index (χ4v) is 4.34. The van der Waals surface area contributed by atoms with E-state index in [9.17, 15) is 33.5 Å². The predicted octanol–water partition coefficient (Wildman–Crippen LogP) is 0.119. The fourth-order valence-electron chi connectivity index (χ4n) is 2.06. The standard InChI is InChI=1S/C15H29NO7P2/c1-12(2)6-4-7-13(3)8-5-9-14(17)16-11-10-15(24(18,19)20)25(21,22)23/h6,8,15H,4-5,7,9-11H2,1-3H3,(H,16,17)(H2,18,19,20)(H2,21,22,23)/p-4/b13-8-. The monoisotopic (exact) mass is 393 g/mol. The summed E-state index contributed by atoms with van der Waals surface area (Å²) >= 11 is 0. The lowest BCUT2D eigenvalue weighted by Crippen LogP contribution is -2.36. The van der Waals surface area contributed by atoms with Gasteiger partial charge in [-0.3, -0.25) is 4.79 Å². The Hall–Kier alpha value is -0.750. The van der Waals surface area contributed by atoms with E-state index in [0.29, 0.717) is 6.42 Å². The van der Waals surface area contributed by atoms with Crippen LogP contribution in [-0.4, -0.2) is 17.9 Å². The summed E-state index contributed by atoms with van der Waals surface area (Å²) in [6.07, 6.45) is 5.75. The maximum Gasteiger partial charge on any atom is 0.220 e. The van der Waals surface area contributed by atoms with Gasteiger partial charge in [-0.05, 0) is 46.5 Å². The number of rotatable bonds is 11. The van der Waals surface area contributed by atoms with Crippen LogP contribution in [0.25, 0.3) is 0 Å². The van der Waals surface area contributed by atoms with E-state index in [2.05, 4.69) is 11.4 Å². The Morgan fingerprint density at radius 1 is 0.960 bits per heavy atom. The number of hydrogen-bond donors (Lipinski definition) is 1. The van der Waals surface area contributed by atoms with Crippen molar-refractivity contribution in [3.63, 3.8) is 0 Å². The topological polar surface area (TPSA) is 155 Å². The van der Waals surface area contributed by atoms with Gasteiger partial charge < -0.3 is 34.0 Å². The molecule has 0 fully saturated rings. The van der Waals surface area contributed by atoms with E-state index in [-0.39, 0.29) is 13.0 Å². The van der Waals surface area contributed by atoms with Crippen molar-refractivity contribution in [2.45, 2.75) is 58.3 Å². The Balaban J connectivity index is 4.22. The number of amides is 1. The zero-order chi connectivity index (χ0) is 19.7. The van der Waals surface area contributed by atoms with Crippen LogP contribution < -0.4 is 24.9 Å². The third-order valence-electron chi connectivity index (χ3n) is 3.41. The highest BCUT2D eigenvalue weighted by molar-refractivity contribution is 7.68. The summed E-state index contributed by atoms with van der Waals surface area (Å²) in [5.74, 6) is -0.412. The van der Waals surface area contributed by atoms with Gasteiger partial charge >= 0.3 is 0 Å². The van der Waals surface area contributed by atoms with Gasteiger partial charge in [-0.25, -0.2) is 0 Å². The molecular formula is C15H25NO7P2-4. The lowest BCUT2D eigenvalue weighted by Gasteiger charge is -2.49. The van der Waals surface area contributed by atoms with Crippen molar-refractivity contribution in [1.29, 1.82) is 0 Å². The van der Waals surface area contributed by atoms with Gasteiger partial charge in [-0.15, -0.1) is 0 Å². The SMILES string of the molecule is CC(C)=CCC/C(C)=C\CCC(=O)NCCC(P(=O)([O-])[O-])P(=O)([O-])[O-]. The molecule has 0 saturated heterocycles. The summed E-state index contributed by atoms with van der Waals surface area (Å²) in [5.41, 5.74) is 2.38. The third-order valence-corrected chi connectivity index (χ3v) is 7.08. The molecule has 0 aromatic rings. The molecule has 0 spiro atoms. The summed E-state index contributed by atoms with van der Waals surface area (Å²) in [6.45, 7) is 5.63. The van der Waals surface area contributed by atoms with Crippen LogP contribution in [0.5, 0.6) is 0 Å². The van der Waals surface area contributed by atoms with Gasteiger partial charge in [-0.1, -0.05) is 38.5 Å². The van der Waals surface area contributed by atoms with Gasteiger partial charge in [0.2, 0.25) is 5.91 Å². The molecule has 25 heavy (non-hydrogen) atoms. The van der Waals surface area contributed by atoms with E-state index in [1.165, 1.54) is 5.57 Å². The molecule has 0 saturated carbocycles. The van der Waals surface area contributed by atoms with Gasteiger partial charge in [0.25, 0.3) is 0 Å². The normalized spacial score (nSPS) is 13.0. The highest BCUT2D eigenvalue weighted by Gasteiger charge is 2.17. The van der Waals surface area contributed by atoms with Crippen molar-refractivity contribution in [3.05, 3.63) is 23.3 Å². The summed E-state index contributed by atoms with van der Waals surface area (Å²) in [7, 11) is -11.1. The average Bonchev–Trinajstić information content (AvgIpc) is 2.40. The quantitative estimate of drug-likeness (QED) is 0.386. The number of allylic oxidation sites excluding steroid dienone is 4. The first-order valence-electron chi connectivity index (χ1n) is 7.93. The van der Waals surface area contributed by atoms with Crippen LogP contribution in [0.15, 0.2) is 23.3 Å². The highest BCUT2D eigenvalue weighted by Crippen LogP contribution is 2.51. The molecule has 0 bridgehead atoms. The van der Waals surface area contributed by atoms with Crippen molar-refractivity contribution in [3.8, 4) is 0 Å². The van der Waals surface area contributed by atoms with Crippen molar-refractivity contribution < 1.29 is 33.5 Å². The van der Waals surface area contributed by atoms with Crippen molar-refractivity contribution in [2.24, 2.45) is 0 Å². The summed E-state index contributed by atoms with van der Waals surface area (Å²) < 4.78 is 21.6. The van der Waals surface area contributed by atoms with Gasteiger partial charge in [0.05, 0.1) is 0 Å². The van der Waals surface area contributed by atoms with Crippen LogP contribution in [0.3, 0.4) is 0 Å². The maximum absolute atomic E-state index is 11.6. The van der Waals surface area contributed by atoms with E-state index in [1.807, 2.05) is 26.8 Å². The summed E-state index contributed by atoms with van der Waals surface area (Å²) in [5, 5.41) is -0.216. The van der Waals surface area contributed by atoms with Gasteiger partial charge in [0.15, 0.2) is 0 Å². The van der Waals surface area contributed by atoms with Crippen LogP contribution in [0.1, 0.15) is 52.9 Å². The second kappa shape index (κ2) is 11.1. The Morgan fingerprint density at radius 2 is 1.48 bits per heavy atom. The smallest absolute Gasteiger partial charge is 0.220 e. The maximum atomic E-state index is 11.6. The molecule has 0 unspecified atom stereocenters. The molecule has 0 aliphatic heterocycles. The largest absolute Gasteiger partial charge is 0.810 e. The molecule has 0 aliphatic carbocycles. The highest BCUT2D eigenvalue weighted by atomic mass is 31.2. The molecule has 8 nitrogen and oxygen atoms in total. The fraction of sp³-hybridized carbons (Fsp3) is 0.667. The Bertz CT molecular complexity index is 563. The first-order valence-corrected chi connectivity index (χ1v) is 11.2. The molecular weight excluding hydrogens is 368 g/mol. The second-order valence-corrected chi connectivity index (χ2v) is 9.92. The molecule has 0 heterocycles. The van der Waals surface area contributed by atoms with Crippen LogP contribution in [0.2, 0.25) is 0 Å². The van der Waals surface area contributed by atoms with Crippen molar-refractivity contribution >= 4 is 21.1 Å². The minimum Gasteiger partial charge on any atom is -0.810 e. The summed E-state index contributed by atoms with van der Waals surface area (Å²) in [4.78, 5) is 54.8. The van der Waals surface area contributed by atoms with E-state index < -0.39 is 32.9 Å². The van der Waals surface area contributed by atoms with Gasteiger partial charge in [0, 0.05) is 18.4 Å². The van der Waals surface area contributed by atoms with Crippen LogP contribution >= 0.6 is 15.2 Å². The molecule has 0 aromatic heterocycles. The number of carbonyl (C=O) groups is 1. The Morgan fingerprint density at radius 3 is 1.96 bits per heavy atom. The van der Waals surface area contributed by atoms with E-state index in [4.69, 9.17) is 0 Å². The Kier molecular flexibility index (Phi) is 10.7. The van der Waals surface area contributed by atoms with Crippen molar-refractivity contribution in [2.75, 3.05) is 6.54 Å². The second-order valence-electron chi connectivity index (χ2n) is 6.11. The van der Waals surface area contributed by atoms with Crippen LogP contribution in [-0.2, 0) is 13.9 Å². The molecule has 0 aliphatic rings. The molecule has 146 valence electrons. The zero-order valence-electron chi connectivity index (χ0n) is 14.7. The lowest BCUT2D eigenvalue weighted by molar-refractivity contribution is -0.330. The first-order chi connectivity index (χ1) is 11.3. The van der Waals surface area contributed by atoms with Gasteiger partial charge in [0.1, 0.15) is 0 Å². The number of hydrogen-bond acceptors (Lipinski definition) is 7. The van der Waals surface area contributed by atoms with Crippen LogP contribution in [0.4, 0.5) is 0 Å². The number of carbonyl (C=O) groups excluding carboxylic acids is 1. The van der Waals surface area contributed by atoms with E-state index >= 15 is 0 Å². The lowest BCUT2D eigenvalue weighted by atomic mass is 10.1. The minimum atomic E-state index is -5.56. The minimum absolute atomic E-state index is 0.142. The molecule has 1 N–H and O–H groups in total. The molecule has 0 atom stereocenters. The van der Waals surface area contributed by atoms with Gasteiger partial charge in [-0.2, -0.15) is 0 Å². The predicted molar refractivity (Wildman–Crippen MR) is 88.3 cm³/mol. The first kappa shape index (κ1) is 24.2. The molecule has 10 heteroatoms. The van der Waals surface area contributed by atoms with Crippen molar-refractivity contribution in [1.82, 2.24) is 5.32 Å².